The lowest BCUT2D eigenvalue weighted by Gasteiger charge is -2.31. The molecule has 36 heavy (non-hydrogen) atoms. The maximum absolute atomic E-state index is 14.2. The average Bonchev–Trinajstić information content (AvgIpc) is 2.85. The molecule has 2 amide bonds. The molecule has 0 saturated carbocycles. The van der Waals surface area contributed by atoms with E-state index in [1.165, 1.54) is 18.2 Å². The Morgan fingerprint density at radius 2 is 1.78 bits per heavy atom. The third-order valence-corrected chi connectivity index (χ3v) is 6.14. The van der Waals surface area contributed by atoms with E-state index in [1.807, 2.05) is 18.4 Å². The molecule has 1 atom stereocenters. The van der Waals surface area contributed by atoms with Crippen LogP contribution in [0.25, 0.3) is 0 Å². The van der Waals surface area contributed by atoms with Crippen LogP contribution in [0, 0.1) is 11.2 Å². The zero-order valence-corrected chi connectivity index (χ0v) is 20.9. The molecule has 0 heterocycles. The van der Waals surface area contributed by atoms with Crippen LogP contribution in [0.1, 0.15) is 25.5 Å². The average molecular weight is 510 g/mol. The Morgan fingerprint density at radius 3 is 2.42 bits per heavy atom. The van der Waals surface area contributed by atoms with Crippen LogP contribution in [-0.4, -0.2) is 23.4 Å². The third kappa shape index (κ3) is 7.02. The molecule has 3 aromatic rings. The second-order valence-electron chi connectivity index (χ2n) is 8.58. The number of hydrogen-bond acceptors (Lipinski definition) is 6. The Kier molecular flexibility index (Phi) is 8.60. The van der Waals surface area contributed by atoms with E-state index in [2.05, 4.69) is 10.6 Å². The van der Waals surface area contributed by atoms with Crippen LogP contribution in [0.4, 0.5) is 26.2 Å². The van der Waals surface area contributed by atoms with E-state index in [4.69, 9.17) is 10.5 Å². The van der Waals surface area contributed by atoms with Crippen molar-refractivity contribution in [1.82, 2.24) is 0 Å². The Bertz CT molecular complexity index is 1260. The Balaban J connectivity index is 1.82. The minimum atomic E-state index is -0.996. The number of hydrogen-bond donors (Lipinski definition) is 4. The minimum absolute atomic E-state index is 0.306. The Hall–Kier alpha value is -3.98. The lowest BCUT2D eigenvalue weighted by molar-refractivity contribution is -0.112. The van der Waals surface area contributed by atoms with Crippen LogP contribution >= 0.6 is 11.8 Å². The van der Waals surface area contributed by atoms with Gasteiger partial charge in [0.1, 0.15) is 6.10 Å². The first kappa shape index (κ1) is 26.6. The standard InChI is InChI=1S/C27H28FN3O4S/c1-27(2,15-14-24(33)31-22-7-5-4-6-21(22)29)25(17-8-13-23(32)20(28)16-17)35-26(34)30-18-9-11-19(36-3)12-10-18/h4-16,25,32H,29H2,1-3H3,(H,30,34)(H,31,33)/b15-14+/t25-/m1/s1. The number of nitrogen functional groups attached to an aromatic ring is 1. The number of para-hydroxylation sites is 2. The molecule has 7 nitrogen and oxygen atoms in total. The van der Waals surface area contributed by atoms with Gasteiger partial charge in [0.2, 0.25) is 5.91 Å². The van der Waals surface area contributed by atoms with Crippen molar-refractivity contribution >= 4 is 40.8 Å². The van der Waals surface area contributed by atoms with Crippen molar-refractivity contribution in [3.05, 3.63) is 90.3 Å². The highest BCUT2D eigenvalue weighted by atomic mass is 32.2. The summed E-state index contributed by atoms with van der Waals surface area (Å²) in [5.41, 5.74) is 6.64. The summed E-state index contributed by atoms with van der Waals surface area (Å²) in [4.78, 5) is 26.3. The summed E-state index contributed by atoms with van der Waals surface area (Å²) in [6.07, 6.45) is 3.07. The quantitative estimate of drug-likeness (QED) is 0.160. The van der Waals surface area contributed by atoms with Gasteiger partial charge in [-0.2, -0.15) is 0 Å². The van der Waals surface area contributed by atoms with Crippen LogP contribution in [0.2, 0.25) is 0 Å². The summed E-state index contributed by atoms with van der Waals surface area (Å²) >= 11 is 1.57. The van der Waals surface area contributed by atoms with Gasteiger partial charge in [-0.15, -0.1) is 11.8 Å². The lowest BCUT2D eigenvalue weighted by Crippen LogP contribution is -2.28. The fourth-order valence-electron chi connectivity index (χ4n) is 3.43. The summed E-state index contributed by atoms with van der Waals surface area (Å²) in [5, 5.41) is 15.0. The van der Waals surface area contributed by atoms with E-state index in [-0.39, 0.29) is 0 Å². The second-order valence-corrected chi connectivity index (χ2v) is 9.46. The van der Waals surface area contributed by atoms with Crippen LogP contribution in [0.15, 0.2) is 83.8 Å². The molecule has 0 radical (unpaired) electrons. The third-order valence-electron chi connectivity index (χ3n) is 5.39. The number of thioether (sulfide) groups is 1. The predicted octanol–water partition coefficient (Wildman–Crippen LogP) is 6.35. The van der Waals surface area contributed by atoms with Gasteiger partial charge >= 0.3 is 6.09 Å². The van der Waals surface area contributed by atoms with E-state index in [1.54, 1.807) is 68.1 Å². The number of phenolic OH excluding ortho intramolecular Hbond substituents is 1. The van der Waals surface area contributed by atoms with Gasteiger partial charge in [-0.05, 0) is 66.4 Å². The van der Waals surface area contributed by atoms with Crippen molar-refractivity contribution in [2.24, 2.45) is 5.41 Å². The molecule has 0 bridgehead atoms. The van der Waals surface area contributed by atoms with E-state index in [0.717, 1.165) is 11.0 Å². The number of carbonyl (C=O) groups is 2. The van der Waals surface area contributed by atoms with E-state index in [0.29, 0.717) is 22.6 Å². The summed E-state index contributed by atoms with van der Waals surface area (Å²) in [7, 11) is 0. The number of nitrogens with one attached hydrogen (secondary N) is 2. The Labute approximate surface area is 213 Å². The van der Waals surface area contributed by atoms with Crippen molar-refractivity contribution in [3.63, 3.8) is 0 Å². The number of ether oxygens (including phenoxy) is 1. The van der Waals surface area contributed by atoms with Gasteiger partial charge in [-0.3, -0.25) is 10.1 Å². The molecule has 0 aliphatic rings. The maximum atomic E-state index is 14.2. The van der Waals surface area contributed by atoms with Crippen LogP contribution in [-0.2, 0) is 9.53 Å². The van der Waals surface area contributed by atoms with E-state index in [9.17, 15) is 19.1 Å². The molecular formula is C27H28FN3O4S. The van der Waals surface area contributed by atoms with Crippen molar-refractivity contribution in [2.45, 2.75) is 24.8 Å². The largest absolute Gasteiger partial charge is 0.505 e. The van der Waals surface area contributed by atoms with Gasteiger partial charge in [-0.1, -0.05) is 38.1 Å². The number of rotatable bonds is 8. The molecule has 0 saturated heterocycles. The molecule has 188 valence electrons. The molecular weight excluding hydrogens is 481 g/mol. The van der Waals surface area contributed by atoms with Gasteiger partial charge in [0.05, 0.1) is 11.4 Å². The molecule has 0 spiro atoms. The first-order chi connectivity index (χ1) is 17.1. The predicted molar refractivity (Wildman–Crippen MR) is 142 cm³/mol. The Morgan fingerprint density at radius 1 is 1.08 bits per heavy atom. The highest BCUT2D eigenvalue weighted by molar-refractivity contribution is 7.98. The molecule has 0 aromatic heterocycles. The lowest BCUT2D eigenvalue weighted by atomic mass is 9.82. The molecule has 3 aromatic carbocycles. The fourth-order valence-corrected chi connectivity index (χ4v) is 3.84. The smallest absolute Gasteiger partial charge is 0.412 e. The molecule has 0 fully saturated rings. The summed E-state index contributed by atoms with van der Waals surface area (Å²) in [5.74, 6) is -1.81. The van der Waals surface area contributed by atoms with Crippen molar-refractivity contribution < 1.29 is 23.8 Å². The monoisotopic (exact) mass is 509 g/mol. The highest BCUT2D eigenvalue weighted by Gasteiger charge is 2.33. The van der Waals surface area contributed by atoms with Gasteiger partial charge in [-0.25, -0.2) is 9.18 Å². The van der Waals surface area contributed by atoms with E-state index >= 15 is 0 Å². The highest BCUT2D eigenvalue weighted by Crippen LogP contribution is 2.39. The van der Waals surface area contributed by atoms with Crippen LogP contribution < -0.4 is 16.4 Å². The number of benzene rings is 3. The molecule has 0 unspecified atom stereocenters. The summed E-state index contributed by atoms with van der Waals surface area (Å²) < 4.78 is 19.9. The van der Waals surface area contributed by atoms with Gasteiger partial charge in [0.25, 0.3) is 0 Å². The van der Waals surface area contributed by atoms with Gasteiger partial charge < -0.3 is 20.9 Å². The molecule has 0 aliphatic carbocycles. The SMILES string of the molecule is CSc1ccc(NC(=O)O[C@H](c2ccc(O)c(F)c2)C(C)(C)/C=C/C(=O)Nc2ccccc2N)cc1. The van der Waals surface area contributed by atoms with Crippen molar-refractivity contribution in [1.29, 1.82) is 0 Å². The summed E-state index contributed by atoms with van der Waals surface area (Å²) in [6.45, 7) is 3.48. The first-order valence-corrected chi connectivity index (χ1v) is 12.3. The number of aromatic hydroxyl groups is 1. The minimum Gasteiger partial charge on any atom is -0.505 e. The van der Waals surface area contributed by atoms with Crippen LogP contribution in [0.5, 0.6) is 5.75 Å². The molecule has 9 heteroatoms. The maximum Gasteiger partial charge on any atom is 0.412 e. The number of halogens is 1. The van der Waals surface area contributed by atoms with Crippen molar-refractivity contribution in [3.8, 4) is 5.75 Å². The van der Waals surface area contributed by atoms with E-state index < -0.39 is 35.1 Å². The molecule has 0 aliphatic heterocycles. The number of phenols is 1. The normalized spacial score (nSPS) is 12.2. The summed E-state index contributed by atoms with van der Waals surface area (Å²) in [6, 6.07) is 17.8. The van der Waals surface area contributed by atoms with Crippen LogP contribution in [0.3, 0.4) is 0 Å². The fraction of sp³-hybridized carbons (Fsp3) is 0.185. The number of anilines is 3. The second kappa shape index (κ2) is 11.6. The first-order valence-electron chi connectivity index (χ1n) is 11.0. The van der Waals surface area contributed by atoms with Gasteiger partial charge in [0, 0.05) is 16.0 Å². The molecule has 5 N–H and O–H groups in total. The number of carbonyl (C=O) groups excluding carboxylic acids is 2. The number of amides is 2. The molecule has 3 rings (SSSR count). The number of nitrogens with two attached hydrogens (primary N) is 1. The zero-order valence-electron chi connectivity index (χ0n) is 20.1. The zero-order chi connectivity index (χ0) is 26.3. The topological polar surface area (TPSA) is 114 Å². The van der Waals surface area contributed by atoms with Crippen molar-refractivity contribution in [2.75, 3.05) is 22.6 Å². The van der Waals surface area contributed by atoms with Gasteiger partial charge in [0.15, 0.2) is 11.6 Å².